The van der Waals surface area contributed by atoms with Crippen molar-refractivity contribution in [3.8, 4) is 5.75 Å². The molecule has 2 aliphatic rings. The summed E-state index contributed by atoms with van der Waals surface area (Å²) in [4.78, 5) is 12.0. The van der Waals surface area contributed by atoms with E-state index in [1.807, 2.05) is 0 Å². The average molecular weight is 391 g/mol. The minimum atomic E-state index is -3.59. The highest BCUT2D eigenvalue weighted by Crippen LogP contribution is 2.33. The number of esters is 1. The predicted molar refractivity (Wildman–Crippen MR) is 94.4 cm³/mol. The van der Waals surface area contributed by atoms with E-state index in [4.69, 9.17) is 15.2 Å². The molecular formula is C16H23ClN2O5S. The second kappa shape index (κ2) is 7.90. The highest BCUT2D eigenvalue weighted by atomic mass is 35.5. The summed E-state index contributed by atoms with van der Waals surface area (Å²) in [7, 11) is -3.59. The van der Waals surface area contributed by atoms with Gasteiger partial charge >= 0.3 is 5.97 Å². The summed E-state index contributed by atoms with van der Waals surface area (Å²) < 4.78 is 37.7. The van der Waals surface area contributed by atoms with E-state index < -0.39 is 22.1 Å². The van der Waals surface area contributed by atoms with Crippen molar-refractivity contribution in [3.63, 3.8) is 0 Å². The van der Waals surface area contributed by atoms with E-state index in [-0.39, 0.29) is 30.0 Å². The van der Waals surface area contributed by atoms with Gasteiger partial charge in [-0.05, 0) is 43.5 Å². The molecule has 0 bridgehead atoms. The fraction of sp³-hybridized carbons (Fsp3) is 0.562. The summed E-state index contributed by atoms with van der Waals surface area (Å²) in [6, 6.07) is 4.57. The van der Waals surface area contributed by atoms with E-state index >= 15 is 0 Å². The van der Waals surface area contributed by atoms with Crippen LogP contribution in [-0.2, 0) is 26.0 Å². The lowest BCUT2D eigenvalue weighted by molar-refractivity contribution is -0.150. The van der Waals surface area contributed by atoms with Crippen molar-refractivity contribution in [3.05, 3.63) is 23.8 Å². The molecule has 2 unspecified atom stereocenters. The first-order valence-corrected chi connectivity index (χ1v) is 9.59. The maximum Gasteiger partial charge on any atom is 0.347 e. The maximum atomic E-state index is 12.9. The van der Waals surface area contributed by atoms with Gasteiger partial charge in [-0.3, -0.25) is 0 Å². The molecule has 0 saturated carbocycles. The Morgan fingerprint density at radius 3 is 2.88 bits per heavy atom. The quantitative estimate of drug-likeness (QED) is 0.755. The van der Waals surface area contributed by atoms with Gasteiger partial charge in [-0.25, -0.2) is 13.2 Å². The first-order chi connectivity index (χ1) is 11.5. The number of fused-ring (bicyclic) bond motifs is 1. The summed E-state index contributed by atoms with van der Waals surface area (Å²) in [5.41, 5.74) is 6.40. The molecule has 0 amide bonds. The number of sulfonamides is 1. The predicted octanol–water partition coefficient (Wildman–Crippen LogP) is 1.09. The molecule has 0 aliphatic carbocycles. The Bertz CT molecular complexity index is 740. The van der Waals surface area contributed by atoms with Crippen LogP contribution in [0.1, 0.15) is 25.3 Å². The van der Waals surface area contributed by atoms with Gasteiger partial charge in [-0.1, -0.05) is 0 Å². The van der Waals surface area contributed by atoms with Crippen LogP contribution in [0.5, 0.6) is 5.75 Å². The van der Waals surface area contributed by atoms with Crippen LogP contribution < -0.4 is 10.5 Å². The third-order valence-electron chi connectivity index (χ3n) is 4.46. The molecule has 1 aromatic rings. The lowest BCUT2D eigenvalue weighted by Crippen LogP contribution is -2.39. The van der Waals surface area contributed by atoms with Crippen molar-refractivity contribution >= 4 is 28.4 Å². The van der Waals surface area contributed by atoms with Crippen molar-refractivity contribution in [1.29, 1.82) is 0 Å². The molecule has 7 nitrogen and oxygen atoms in total. The van der Waals surface area contributed by atoms with Gasteiger partial charge in [-0.15, -0.1) is 12.4 Å². The lowest BCUT2D eigenvalue weighted by atomic mass is 10.1. The maximum absolute atomic E-state index is 12.9. The lowest BCUT2D eigenvalue weighted by Gasteiger charge is -2.23. The molecule has 25 heavy (non-hydrogen) atoms. The van der Waals surface area contributed by atoms with Crippen LogP contribution >= 0.6 is 12.4 Å². The zero-order valence-electron chi connectivity index (χ0n) is 14.0. The van der Waals surface area contributed by atoms with Gasteiger partial charge in [0.1, 0.15) is 5.75 Å². The number of hydrogen-bond donors (Lipinski definition) is 1. The van der Waals surface area contributed by atoms with Crippen molar-refractivity contribution in [2.75, 3.05) is 19.7 Å². The molecule has 140 valence electrons. The van der Waals surface area contributed by atoms with Gasteiger partial charge < -0.3 is 15.2 Å². The molecule has 0 spiro atoms. The Hall–Kier alpha value is -1.35. The summed E-state index contributed by atoms with van der Waals surface area (Å²) in [5.74, 6) is 0.102. The third-order valence-corrected chi connectivity index (χ3v) is 6.41. The Morgan fingerprint density at radius 2 is 2.20 bits per heavy atom. The highest BCUT2D eigenvalue weighted by Gasteiger charge is 2.36. The van der Waals surface area contributed by atoms with E-state index in [2.05, 4.69) is 0 Å². The van der Waals surface area contributed by atoms with Crippen molar-refractivity contribution in [1.82, 2.24) is 4.31 Å². The number of nitrogens with zero attached hydrogens (tertiary/aromatic N) is 1. The number of benzene rings is 1. The second-order valence-corrected chi connectivity index (χ2v) is 7.87. The van der Waals surface area contributed by atoms with Gasteiger partial charge in [0, 0.05) is 25.6 Å². The molecule has 2 N–H and O–H groups in total. The zero-order valence-corrected chi connectivity index (χ0v) is 15.6. The Morgan fingerprint density at radius 1 is 1.44 bits per heavy atom. The fourth-order valence-corrected chi connectivity index (χ4v) is 5.00. The molecule has 2 aliphatic heterocycles. The topological polar surface area (TPSA) is 98.9 Å². The molecule has 1 fully saturated rings. The van der Waals surface area contributed by atoms with Crippen LogP contribution in [0.2, 0.25) is 0 Å². The van der Waals surface area contributed by atoms with E-state index in [0.29, 0.717) is 30.8 Å². The molecule has 2 heterocycles. The average Bonchev–Trinajstić information content (AvgIpc) is 3.21. The Labute approximate surface area is 153 Å². The standard InChI is InChI=1S/C16H22N2O5S.ClH/c1-2-22-16(19)15-9-11-8-13(5-6-14(11)23-15)24(20,21)18-7-3-4-12(18)10-17;/h5-6,8,12,15H,2-4,7,9-10,17H2,1H3;1H. The van der Waals surface area contributed by atoms with Gasteiger partial charge in [0.25, 0.3) is 0 Å². The Kier molecular flexibility index (Phi) is 6.31. The molecule has 9 heteroatoms. The number of ether oxygens (including phenoxy) is 2. The van der Waals surface area contributed by atoms with Crippen LogP contribution in [0.25, 0.3) is 0 Å². The molecule has 1 aromatic carbocycles. The van der Waals surface area contributed by atoms with E-state index in [0.717, 1.165) is 12.8 Å². The zero-order chi connectivity index (χ0) is 17.3. The number of halogens is 1. The summed E-state index contributed by atoms with van der Waals surface area (Å²) >= 11 is 0. The molecule has 3 rings (SSSR count). The van der Waals surface area contributed by atoms with Crippen LogP contribution in [0, 0.1) is 0 Å². The monoisotopic (exact) mass is 390 g/mol. The minimum Gasteiger partial charge on any atom is -0.478 e. The van der Waals surface area contributed by atoms with E-state index in [9.17, 15) is 13.2 Å². The summed E-state index contributed by atoms with van der Waals surface area (Å²) in [6.07, 6.45) is 1.22. The van der Waals surface area contributed by atoms with Gasteiger partial charge in [-0.2, -0.15) is 4.31 Å². The number of carbonyl (C=O) groups is 1. The smallest absolute Gasteiger partial charge is 0.347 e. The van der Waals surface area contributed by atoms with Gasteiger partial charge in [0.15, 0.2) is 6.10 Å². The molecule has 0 radical (unpaired) electrons. The number of carbonyl (C=O) groups excluding carboxylic acids is 1. The van der Waals surface area contributed by atoms with Crippen LogP contribution in [0.3, 0.4) is 0 Å². The van der Waals surface area contributed by atoms with Gasteiger partial charge in [0.05, 0.1) is 11.5 Å². The highest BCUT2D eigenvalue weighted by molar-refractivity contribution is 7.89. The molecule has 2 atom stereocenters. The SMILES string of the molecule is CCOC(=O)C1Cc2cc(S(=O)(=O)N3CCCC3CN)ccc2O1.Cl. The molecule has 0 aromatic heterocycles. The number of hydrogen-bond acceptors (Lipinski definition) is 6. The van der Waals surface area contributed by atoms with Crippen LogP contribution in [0.4, 0.5) is 0 Å². The first kappa shape index (κ1) is 20.0. The third kappa shape index (κ3) is 3.76. The normalized spacial score (nSPS) is 22.8. The largest absolute Gasteiger partial charge is 0.478 e. The van der Waals surface area contributed by atoms with Crippen molar-refractivity contribution < 1.29 is 22.7 Å². The van der Waals surface area contributed by atoms with E-state index in [1.54, 1.807) is 19.1 Å². The molecule has 1 saturated heterocycles. The van der Waals surface area contributed by atoms with E-state index in [1.165, 1.54) is 10.4 Å². The first-order valence-electron chi connectivity index (χ1n) is 8.15. The number of rotatable bonds is 5. The van der Waals surface area contributed by atoms with Crippen LogP contribution in [-0.4, -0.2) is 50.5 Å². The number of nitrogens with two attached hydrogens (primary N) is 1. The van der Waals surface area contributed by atoms with Gasteiger partial charge in [0.2, 0.25) is 10.0 Å². The van der Waals surface area contributed by atoms with Crippen molar-refractivity contribution in [2.24, 2.45) is 5.73 Å². The summed E-state index contributed by atoms with van der Waals surface area (Å²) in [6.45, 7) is 2.82. The summed E-state index contributed by atoms with van der Waals surface area (Å²) in [5, 5.41) is 0. The van der Waals surface area contributed by atoms with Crippen LogP contribution in [0.15, 0.2) is 23.1 Å². The minimum absolute atomic E-state index is 0. The van der Waals surface area contributed by atoms with Crippen molar-refractivity contribution in [2.45, 2.75) is 43.2 Å². The molecular weight excluding hydrogens is 368 g/mol. The second-order valence-electron chi connectivity index (χ2n) is 5.98. The fourth-order valence-electron chi connectivity index (χ4n) is 3.25. The Balaban J connectivity index is 0.00000225.